The molecule has 0 amide bonds. The van der Waals surface area contributed by atoms with E-state index in [1.54, 1.807) is 30.3 Å². The van der Waals surface area contributed by atoms with Gasteiger partial charge in [0.05, 0.1) is 19.3 Å². The number of rotatable bonds is 5. The van der Waals surface area contributed by atoms with Gasteiger partial charge >= 0.3 is 5.97 Å². The lowest BCUT2D eigenvalue weighted by Gasteiger charge is -2.12. The second kappa shape index (κ2) is 7.56. The highest BCUT2D eigenvalue weighted by atomic mass is 19.1. The molecular weight excluding hydrogens is 299 g/mol. The van der Waals surface area contributed by atoms with Gasteiger partial charge in [-0.15, -0.1) is 0 Å². The molecule has 23 heavy (non-hydrogen) atoms. The van der Waals surface area contributed by atoms with Gasteiger partial charge in [-0.3, -0.25) is 0 Å². The first-order valence-electron chi connectivity index (χ1n) is 6.99. The standard InChI is InChI=1S/C18H17FO4/c1-12-7-8-13(23-17-6-4-3-5-16(17)19)11-15(12)14(9-10-20)18(21)22-2/h3-9,11,20H,10H2,1-2H3/b14-9+. The largest absolute Gasteiger partial charge is 0.465 e. The topological polar surface area (TPSA) is 55.8 Å². The maximum absolute atomic E-state index is 13.7. The Hall–Kier alpha value is -2.66. The molecule has 120 valence electrons. The molecule has 0 saturated heterocycles. The van der Waals surface area contributed by atoms with Gasteiger partial charge in [-0.25, -0.2) is 9.18 Å². The maximum atomic E-state index is 13.7. The van der Waals surface area contributed by atoms with Crippen molar-refractivity contribution in [3.05, 3.63) is 65.5 Å². The van der Waals surface area contributed by atoms with Crippen molar-refractivity contribution >= 4 is 11.5 Å². The molecule has 2 rings (SSSR count). The smallest absolute Gasteiger partial charge is 0.338 e. The van der Waals surface area contributed by atoms with Gasteiger partial charge in [0.2, 0.25) is 0 Å². The predicted molar refractivity (Wildman–Crippen MR) is 84.7 cm³/mol. The van der Waals surface area contributed by atoms with Crippen LogP contribution in [0.3, 0.4) is 0 Å². The summed E-state index contributed by atoms with van der Waals surface area (Å²) in [5.74, 6) is -0.574. The first-order valence-corrected chi connectivity index (χ1v) is 6.99. The Bertz CT molecular complexity index is 738. The number of carbonyl (C=O) groups excluding carboxylic acids is 1. The summed E-state index contributed by atoms with van der Waals surface area (Å²) in [7, 11) is 1.27. The zero-order chi connectivity index (χ0) is 16.8. The number of ether oxygens (including phenoxy) is 2. The molecule has 0 aromatic heterocycles. The highest BCUT2D eigenvalue weighted by Crippen LogP contribution is 2.29. The summed E-state index contributed by atoms with van der Waals surface area (Å²) in [4.78, 5) is 11.9. The zero-order valence-corrected chi connectivity index (χ0v) is 12.9. The number of hydrogen-bond acceptors (Lipinski definition) is 4. The van der Waals surface area contributed by atoms with E-state index in [1.807, 2.05) is 6.92 Å². The highest BCUT2D eigenvalue weighted by molar-refractivity contribution is 6.16. The number of hydrogen-bond donors (Lipinski definition) is 1. The van der Waals surface area contributed by atoms with Crippen molar-refractivity contribution in [2.45, 2.75) is 6.92 Å². The first-order chi connectivity index (χ1) is 11.1. The maximum Gasteiger partial charge on any atom is 0.338 e. The van der Waals surface area contributed by atoms with Gasteiger partial charge in [0.25, 0.3) is 0 Å². The zero-order valence-electron chi connectivity index (χ0n) is 12.9. The molecule has 0 fully saturated rings. The van der Waals surface area contributed by atoms with Gasteiger partial charge in [-0.05, 0) is 48.4 Å². The lowest BCUT2D eigenvalue weighted by atomic mass is 10.00. The van der Waals surface area contributed by atoms with Crippen molar-refractivity contribution < 1.29 is 23.8 Å². The molecular formula is C18H17FO4. The van der Waals surface area contributed by atoms with E-state index in [2.05, 4.69) is 0 Å². The molecule has 0 aliphatic carbocycles. The number of esters is 1. The number of aliphatic hydroxyl groups excluding tert-OH is 1. The van der Waals surface area contributed by atoms with Crippen LogP contribution >= 0.6 is 0 Å². The van der Waals surface area contributed by atoms with E-state index < -0.39 is 11.8 Å². The van der Waals surface area contributed by atoms with Crippen molar-refractivity contribution in [2.24, 2.45) is 0 Å². The minimum atomic E-state index is -0.565. The van der Waals surface area contributed by atoms with Gasteiger partial charge < -0.3 is 14.6 Å². The second-order valence-electron chi connectivity index (χ2n) is 4.80. The monoisotopic (exact) mass is 316 g/mol. The van der Waals surface area contributed by atoms with E-state index in [1.165, 1.54) is 25.3 Å². The molecule has 0 heterocycles. The first kappa shape index (κ1) is 16.7. The number of halogens is 1. The summed E-state index contributed by atoms with van der Waals surface area (Å²) in [6.45, 7) is 1.51. The summed E-state index contributed by atoms with van der Waals surface area (Å²) < 4.78 is 23.9. The normalized spacial score (nSPS) is 11.2. The average Bonchev–Trinajstić information content (AvgIpc) is 2.56. The molecule has 2 aromatic rings. The van der Waals surface area contributed by atoms with Gasteiger partial charge in [0.1, 0.15) is 5.75 Å². The summed E-state index contributed by atoms with van der Waals surface area (Å²) in [6, 6.07) is 11.1. The SMILES string of the molecule is COC(=O)/C(=C/CO)c1cc(Oc2ccccc2F)ccc1C. The Morgan fingerprint density at radius 2 is 2.00 bits per heavy atom. The van der Waals surface area contributed by atoms with E-state index in [0.717, 1.165) is 5.56 Å². The van der Waals surface area contributed by atoms with Gasteiger partial charge in [0.15, 0.2) is 11.6 Å². The molecule has 0 saturated carbocycles. The predicted octanol–water partition coefficient (Wildman–Crippen LogP) is 3.48. The molecule has 0 unspecified atom stereocenters. The summed E-state index contributed by atoms with van der Waals surface area (Å²) >= 11 is 0. The summed E-state index contributed by atoms with van der Waals surface area (Å²) in [6.07, 6.45) is 1.36. The third kappa shape index (κ3) is 3.96. The van der Waals surface area contributed by atoms with Crippen molar-refractivity contribution in [3.8, 4) is 11.5 Å². The van der Waals surface area contributed by atoms with E-state index in [-0.39, 0.29) is 17.9 Å². The molecule has 4 nitrogen and oxygen atoms in total. The Balaban J connectivity index is 2.41. The Morgan fingerprint density at radius 1 is 1.26 bits per heavy atom. The number of para-hydroxylation sites is 1. The van der Waals surface area contributed by atoms with E-state index in [9.17, 15) is 9.18 Å². The molecule has 0 bridgehead atoms. The molecule has 5 heteroatoms. The number of methoxy groups -OCH3 is 1. The summed E-state index contributed by atoms with van der Waals surface area (Å²) in [5, 5.41) is 9.11. The Morgan fingerprint density at radius 3 is 2.65 bits per heavy atom. The van der Waals surface area contributed by atoms with Gasteiger partial charge in [0, 0.05) is 0 Å². The van der Waals surface area contributed by atoms with Crippen LogP contribution in [-0.4, -0.2) is 24.8 Å². The molecule has 0 radical (unpaired) electrons. The minimum Gasteiger partial charge on any atom is -0.465 e. The lowest BCUT2D eigenvalue weighted by Crippen LogP contribution is -2.06. The van der Waals surface area contributed by atoms with Crippen LogP contribution in [0.5, 0.6) is 11.5 Å². The molecule has 0 atom stereocenters. The van der Waals surface area contributed by atoms with Crippen LogP contribution < -0.4 is 4.74 Å². The summed E-state index contributed by atoms with van der Waals surface area (Å²) in [5.41, 5.74) is 1.59. The van der Waals surface area contributed by atoms with Crippen LogP contribution in [0.25, 0.3) is 5.57 Å². The van der Waals surface area contributed by atoms with Crippen molar-refractivity contribution in [3.63, 3.8) is 0 Å². The van der Waals surface area contributed by atoms with Crippen LogP contribution in [-0.2, 0) is 9.53 Å². The van der Waals surface area contributed by atoms with E-state index in [4.69, 9.17) is 14.6 Å². The Labute approximate surface area is 133 Å². The van der Waals surface area contributed by atoms with Gasteiger partial charge in [-0.1, -0.05) is 18.2 Å². The van der Waals surface area contributed by atoms with Crippen LogP contribution in [0, 0.1) is 12.7 Å². The van der Waals surface area contributed by atoms with Crippen molar-refractivity contribution in [1.82, 2.24) is 0 Å². The quantitative estimate of drug-likeness (QED) is 0.678. The van der Waals surface area contributed by atoms with Gasteiger partial charge in [-0.2, -0.15) is 0 Å². The number of aliphatic hydroxyl groups is 1. The average molecular weight is 316 g/mol. The second-order valence-corrected chi connectivity index (χ2v) is 4.80. The molecule has 0 aliphatic rings. The number of aryl methyl sites for hydroxylation is 1. The lowest BCUT2D eigenvalue weighted by molar-refractivity contribution is -0.133. The molecule has 1 N–H and O–H groups in total. The molecule has 2 aromatic carbocycles. The fourth-order valence-corrected chi connectivity index (χ4v) is 2.11. The van der Waals surface area contributed by atoms with E-state index in [0.29, 0.717) is 11.3 Å². The van der Waals surface area contributed by atoms with Crippen LogP contribution in [0.2, 0.25) is 0 Å². The fourth-order valence-electron chi connectivity index (χ4n) is 2.11. The van der Waals surface area contributed by atoms with Crippen LogP contribution in [0.15, 0.2) is 48.5 Å². The van der Waals surface area contributed by atoms with Crippen molar-refractivity contribution in [1.29, 1.82) is 0 Å². The minimum absolute atomic E-state index is 0.0908. The molecule has 0 spiro atoms. The third-order valence-electron chi connectivity index (χ3n) is 3.26. The number of carbonyl (C=O) groups is 1. The van der Waals surface area contributed by atoms with E-state index >= 15 is 0 Å². The van der Waals surface area contributed by atoms with Crippen LogP contribution in [0.4, 0.5) is 4.39 Å². The fraction of sp³-hybridized carbons (Fsp3) is 0.167. The highest BCUT2D eigenvalue weighted by Gasteiger charge is 2.16. The number of benzene rings is 2. The van der Waals surface area contributed by atoms with Crippen molar-refractivity contribution in [2.75, 3.05) is 13.7 Å². The van der Waals surface area contributed by atoms with Crippen LogP contribution in [0.1, 0.15) is 11.1 Å². The molecule has 0 aliphatic heterocycles. The Kier molecular flexibility index (Phi) is 5.49. The third-order valence-corrected chi connectivity index (χ3v) is 3.26.